The second kappa shape index (κ2) is 5.97. The Labute approximate surface area is 98.2 Å². The van der Waals surface area contributed by atoms with E-state index in [1.54, 1.807) is 7.11 Å². The van der Waals surface area contributed by atoms with Crippen LogP contribution in [0.5, 0.6) is 0 Å². The zero-order valence-electron chi connectivity index (χ0n) is 10.7. The molecule has 1 unspecified atom stereocenters. The van der Waals surface area contributed by atoms with Crippen LogP contribution in [0.15, 0.2) is 24.5 Å². The van der Waals surface area contributed by atoms with Crippen LogP contribution in [0, 0.1) is 0 Å². The second-order valence-electron chi connectivity index (χ2n) is 4.71. The second-order valence-corrected chi connectivity index (χ2v) is 4.71. The summed E-state index contributed by atoms with van der Waals surface area (Å²) in [5.74, 6) is 0. The molecule has 0 aliphatic carbocycles. The Bertz CT molecular complexity index is 298. The number of nitrogens with one attached hydrogen (secondary N) is 1. The first kappa shape index (κ1) is 13.1. The monoisotopic (exact) mass is 222 g/mol. The minimum atomic E-state index is -0.0826. The van der Waals surface area contributed by atoms with Crippen LogP contribution in [0.4, 0.5) is 0 Å². The van der Waals surface area contributed by atoms with Gasteiger partial charge in [-0.25, -0.2) is 0 Å². The van der Waals surface area contributed by atoms with Gasteiger partial charge in [0.1, 0.15) is 0 Å². The van der Waals surface area contributed by atoms with E-state index in [1.807, 2.05) is 19.4 Å². The number of rotatable bonds is 6. The molecule has 0 aliphatic rings. The van der Waals surface area contributed by atoms with Crippen LogP contribution < -0.4 is 5.32 Å². The minimum absolute atomic E-state index is 0.0826. The lowest BCUT2D eigenvalue weighted by Gasteiger charge is -2.28. The van der Waals surface area contributed by atoms with E-state index in [9.17, 15) is 0 Å². The van der Waals surface area contributed by atoms with Gasteiger partial charge in [0.15, 0.2) is 0 Å². The molecule has 0 fully saturated rings. The van der Waals surface area contributed by atoms with Crippen LogP contribution in [0.1, 0.15) is 25.8 Å². The van der Waals surface area contributed by atoms with Gasteiger partial charge in [0.05, 0.1) is 5.60 Å². The number of likely N-dealkylation sites (N-methyl/N-ethyl adjacent to an activating group) is 1. The van der Waals surface area contributed by atoms with E-state index in [0.29, 0.717) is 6.04 Å². The number of nitrogens with zero attached hydrogens (tertiary/aromatic N) is 1. The Balaban J connectivity index is 2.56. The number of hydrogen-bond acceptors (Lipinski definition) is 3. The zero-order valence-corrected chi connectivity index (χ0v) is 10.7. The summed E-state index contributed by atoms with van der Waals surface area (Å²) in [4.78, 5) is 4.02. The zero-order chi connectivity index (χ0) is 12.0. The van der Waals surface area contributed by atoms with Crippen molar-refractivity contribution in [3.8, 4) is 0 Å². The molecule has 1 aromatic heterocycles. The van der Waals surface area contributed by atoms with Crippen molar-refractivity contribution in [3.63, 3.8) is 0 Å². The number of hydrogen-bond donors (Lipinski definition) is 1. The van der Waals surface area contributed by atoms with Crippen LogP contribution >= 0.6 is 0 Å². The highest BCUT2D eigenvalue weighted by Gasteiger charge is 2.21. The van der Waals surface area contributed by atoms with Gasteiger partial charge in [-0.2, -0.15) is 0 Å². The fourth-order valence-electron chi connectivity index (χ4n) is 1.76. The van der Waals surface area contributed by atoms with Crippen LogP contribution in [0.3, 0.4) is 0 Å². The van der Waals surface area contributed by atoms with E-state index in [0.717, 1.165) is 12.8 Å². The van der Waals surface area contributed by atoms with Crippen LogP contribution in [0.25, 0.3) is 0 Å². The first-order valence-corrected chi connectivity index (χ1v) is 5.69. The molecule has 16 heavy (non-hydrogen) atoms. The average Bonchev–Trinajstić information content (AvgIpc) is 2.29. The van der Waals surface area contributed by atoms with Gasteiger partial charge in [0.2, 0.25) is 0 Å². The molecule has 0 radical (unpaired) electrons. The van der Waals surface area contributed by atoms with E-state index in [4.69, 9.17) is 4.74 Å². The van der Waals surface area contributed by atoms with Crippen molar-refractivity contribution in [1.82, 2.24) is 10.3 Å². The molecule has 0 aromatic carbocycles. The summed E-state index contributed by atoms with van der Waals surface area (Å²) in [6.45, 7) is 4.23. The van der Waals surface area contributed by atoms with E-state index in [-0.39, 0.29) is 5.60 Å². The quantitative estimate of drug-likeness (QED) is 0.799. The van der Waals surface area contributed by atoms with Crippen molar-refractivity contribution in [2.45, 2.75) is 38.3 Å². The van der Waals surface area contributed by atoms with Crippen molar-refractivity contribution >= 4 is 0 Å². The number of aromatic nitrogens is 1. The van der Waals surface area contributed by atoms with E-state index in [2.05, 4.69) is 36.3 Å². The van der Waals surface area contributed by atoms with Gasteiger partial charge < -0.3 is 10.1 Å². The van der Waals surface area contributed by atoms with Gasteiger partial charge in [0.25, 0.3) is 0 Å². The summed E-state index contributed by atoms with van der Waals surface area (Å²) < 4.78 is 5.46. The number of methoxy groups -OCH3 is 1. The standard InChI is InChI=1S/C13H22N2O/c1-13(2,16-4)10-12(14-3)9-11-5-7-15-8-6-11/h5-8,12,14H,9-10H2,1-4H3. The molecule has 3 nitrogen and oxygen atoms in total. The van der Waals surface area contributed by atoms with Gasteiger partial charge in [-0.3, -0.25) is 4.98 Å². The first-order chi connectivity index (χ1) is 7.57. The molecule has 0 saturated carbocycles. The molecular weight excluding hydrogens is 200 g/mol. The number of pyridine rings is 1. The Morgan fingerprint density at radius 3 is 2.50 bits per heavy atom. The highest BCUT2D eigenvalue weighted by molar-refractivity contribution is 5.11. The molecule has 0 bridgehead atoms. The molecule has 0 amide bonds. The lowest BCUT2D eigenvalue weighted by molar-refractivity contribution is 0.00773. The van der Waals surface area contributed by atoms with Crippen molar-refractivity contribution < 1.29 is 4.74 Å². The van der Waals surface area contributed by atoms with Crippen molar-refractivity contribution in [1.29, 1.82) is 0 Å². The molecule has 0 saturated heterocycles. The van der Waals surface area contributed by atoms with Gasteiger partial charge in [-0.1, -0.05) is 0 Å². The highest BCUT2D eigenvalue weighted by Crippen LogP contribution is 2.17. The predicted octanol–water partition coefficient (Wildman–Crippen LogP) is 2.03. The molecule has 1 atom stereocenters. The van der Waals surface area contributed by atoms with Gasteiger partial charge in [-0.15, -0.1) is 0 Å². The Kier molecular flexibility index (Phi) is 4.90. The topological polar surface area (TPSA) is 34.2 Å². The summed E-state index contributed by atoms with van der Waals surface area (Å²) >= 11 is 0. The Hall–Kier alpha value is -0.930. The van der Waals surface area contributed by atoms with Gasteiger partial charge >= 0.3 is 0 Å². The van der Waals surface area contributed by atoms with E-state index >= 15 is 0 Å². The molecule has 3 heteroatoms. The molecule has 1 heterocycles. The third-order valence-corrected chi connectivity index (χ3v) is 2.93. The summed E-state index contributed by atoms with van der Waals surface area (Å²) in [5, 5.41) is 3.34. The Morgan fingerprint density at radius 2 is 2.00 bits per heavy atom. The SMILES string of the molecule is CNC(Cc1ccncc1)CC(C)(C)OC. The lowest BCUT2D eigenvalue weighted by atomic mass is 9.94. The van der Waals surface area contributed by atoms with Crippen LogP contribution in [-0.4, -0.2) is 30.8 Å². The summed E-state index contributed by atoms with van der Waals surface area (Å²) in [7, 11) is 3.76. The van der Waals surface area contributed by atoms with Crippen molar-refractivity contribution in [2.75, 3.05) is 14.2 Å². The summed E-state index contributed by atoms with van der Waals surface area (Å²) in [5.41, 5.74) is 1.22. The maximum Gasteiger partial charge on any atom is 0.0637 e. The van der Waals surface area contributed by atoms with Crippen molar-refractivity contribution in [2.24, 2.45) is 0 Å². The third-order valence-electron chi connectivity index (χ3n) is 2.93. The molecule has 90 valence electrons. The third kappa shape index (κ3) is 4.29. The summed E-state index contributed by atoms with van der Waals surface area (Å²) in [6.07, 6.45) is 5.67. The lowest BCUT2D eigenvalue weighted by Crippen LogP contribution is -2.37. The predicted molar refractivity (Wildman–Crippen MR) is 66.5 cm³/mol. The molecule has 0 spiro atoms. The van der Waals surface area contributed by atoms with E-state index < -0.39 is 0 Å². The van der Waals surface area contributed by atoms with Crippen molar-refractivity contribution in [3.05, 3.63) is 30.1 Å². The maximum absolute atomic E-state index is 5.46. The normalized spacial score (nSPS) is 13.8. The largest absolute Gasteiger partial charge is 0.379 e. The molecule has 1 N–H and O–H groups in total. The van der Waals surface area contributed by atoms with Gasteiger partial charge in [-0.05, 0) is 51.4 Å². The fourth-order valence-corrected chi connectivity index (χ4v) is 1.76. The van der Waals surface area contributed by atoms with E-state index in [1.165, 1.54) is 5.56 Å². The molecule has 0 aliphatic heterocycles. The molecular formula is C13H22N2O. The van der Waals surface area contributed by atoms with Crippen LogP contribution in [-0.2, 0) is 11.2 Å². The minimum Gasteiger partial charge on any atom is -0.379 e. The molecule has 1 rings (SSSR count). The Morgan fingerprint density at radius 1 is 1.38 bits per heavy atom. The van der Waals surface area contributed by atoms with Gasteiger partial charge in [0, 0.05) is 25.5 Å². The first-order valence-electron chi connectivity index (χ1n) is 5.69. The smallest absolute Gasteiger partial charge is 0.0637 e. The molecule has 1 aromatic rings. The average molecular weight is 222 g/mol. The highest BCUT2D eigenvalue weighted by atomic mass is 16.5. The fraction of sp³-hybridized carbons (Fsp3) is 0.615. The number of ether oxygens (including phenoxy) is 1. The summed E-state index contributed by atoms with van der Waals surface area (Å²) in [6, 6.07) is 4.55. The maximum atomic E-state index is 5.46. The van der Waals surface area contributed by atoms with Crippen LogP contribution in [0.2, 0.25) is 0 Å².